The molecular formula is C16H15FO2. The van der Waals surface area contributed by atoms with Gasteiger partial charge in [-0.25, -0.2) is 4.39 Å². The average molecular weight is 258 g/mol. The molecule has 0 saturated heterocycles. The minimum atomic E-state index is -0.377. The lowest BCUT2D eigenvalue weighted by Crippen LogP contribution is -2.04. The first-order valence-electron chi connectivity index (χ1n) is 6.02. The molecule has 0 unspecified atom stereocenters. The number of aryl methyl sites for hydroxylation is 1. The van der Waals surface area contributed by atoms with Crippen molar-refractivity contribution in [3.8, 4) is 5.75 Å². The summed E-state index contributed by atoms with van der Waals surface area (Å²) in [7, 11) is 1.59. The molecule has 0 N–H and O–H groups in total. The van der Waals surface area contributed by atoms with Crippen LogP contribution in [0.1, 0.15) is 21.5 Å². The molecule has 0 heterocycles. The summed E-state index contributed by atoms with van der Waals surface area (Å²) < 4.78 is 18.3. The number of methoxy groups -OCH3 is 1. The van der Waals surface area contributed by atoms with Gasteiger partial charge in [-0.3, -0.25) is 4.79 Å². The summed E-state index contributed by atoms with van der Waals surface area (Å²) in [6, 6.07) is 11.7. The minimum Gasteiger partial charge on any atom is -0.497 e. The van der Waals surface area contributed by atoms with E-state index in [9.17, 15) is 9.18 Å². The van der Waals surface area contributed by atoms with Crippen LogP contribution in [0, 0.1) is 12.7 Å². The highest BCUT2D eigenvalue weighted by atomic mass is 19.1. The molecule has 0 aliphatic rings. The number of Topliss-reactive ketones (excluding diaryl/α,β-unsaturated/α-hetero) is 1. The van der Waals surface area contributed by atoms with Crippen LogP contribution < -0.4 is 4.74 Å². The molecule has 2 aromatic carbocycles. The number of hydrogen-bond acceptors (Lipinski definition) is 2. The number of carbonyl (C=O) groups excluding carboxylic acids is 1. The van der Waals surface area contributed by atoms with E-state index in [1.807, 2.05) is 12.1 Å². The molecule has 0 saturated carbocycles. The molecule has 0 aromatic heterocycles. The van der Waals surface area contributed by atoms with Crippen LogP contribution in [-0.2, 0) is 6.42 Å². The summed E-state index contributed by atoms with van der Waals surface area (Å²) in [4.78, 5) is 12.1. The van der Waals surface area contributed by atoms with Crippen molar-refractivity contribution in [3.63, 3.8) is 0 Å². The number of rotatable bonds is 4. The molecule has 0 fully saturated rings. The number of carbonyl (C=O) groups is 1. The van der Waals surface area contributed by atoms with Gasteiger partial charge in [0.15, 0.2) is 5.78 Å². The van der Waals surface area contributed by atoms with Crippen LogP contribution in [0.15, 0.2) is 42.5 Å². The summed E-state index contributed by atoms with van der Waals surface area (Å²) in [5, 5.41) is 0. The Morgan fingerprint density at radius 3 is 2.42 bits per heavy atom. The van der Waals surface area contributed by atoms with E-state index in [0.717, 1.165) is 16.9 Å². The van der Waals surface area contributed by atoms with Gasteiger partial charge in [-0.2, -0.15) is 0 Å². The van der Waals surface area contributed by atoms with E-state index in [-0.39, 0.29) is 18.0 Å². The van der Waals surface area contributed by atoms with Gasteiger partial charge in [0.25, 0.3) is 0 Å². The van der Waals surface area contributed by atoms with E-state index < -0.39 is 0 Å². The highest BCUT2D eigenvalue weighted by Gasteiger charge is 2.09. The topological polar surface area (TPSA) is 26.3 Å². The summed E-state index contributed by atoms with van der Waals surface area (Å²) in [5.41, 5.74) is 2.04. The molecule has 0 radical (unpaired) electrons. The molecule has 2 aromatic rings. The third kappa shape index (κ3) is 3.41. The van der Waals surface area contributed by atoms with Gasteiger partial charge in [0.2, 0.25) is 0 Å². The molecule has 0 bridgehead atoms. The first-order valence-corrected chi connectivity index (χ1v) is 6.02. The van der Waals surface area contributed by atoms with Crippen molar-refractivity contribution in [1.29, 1.82) is 0 Å². The van der Waals surface area contributed by atoms with Gasteiger partial charge < -0.3 is 4.74 Å². The van der Waals surface area contributed by atoms with Crippen LogP contribution in [0.3, 0.4) is 0 Å². The second-order valence-electron chi connectivity index (χ2n) is 4.47. The molecule has 19 heavy (non-hydrogen) atoms. The van der Waals surface area contributed by atoms with Crippen LogP contribution in [0.25, 0.3) is 0 Å². The molecular weight excluding hydrogens is 243 g/mol. The lowest BCUT2D eigenvalue weighted by Gasteiger charge is -2.05. The molecule has 3 heteroatoms. The van der Waals surface area contributed by atoms with Gasteiger partial charge >= 0.3 is 0 Å². The molecule has 0 atom stereocenters. The Bertz CT molecular complexity index is 568. The SMILES string of the molecule is COc1ccc(CC(=O)c2cc(C)cc(F)c2)cc1. The Morgan fingerprint density at radius 2 is 1.84 bits per heavy atom. The van der Waals surface area contributed by atoms with Gasteiger partial charge in [-0.1, -0.05) is 12.1 Å². The van der Waals surface area contributed by atoms with Gasteiger partial charge in [-0.05, 0) is 48.4 Å². The first kappa shape index (κ1) is 13.3. The quantitative estimate of drug-likeness (QED) is 0.784. The van der Waals surface area contributed by atoms with E-state index in [1.165, 1.54) is 12.1 Å². The second-order valence-corrected chi connectivity index (χ2v) is 4.47. The predicted molar refractivity (Wildman–Crippen MR) is 72.2 cm³/mol. The maximum Gasteiger partial charge on any atom is 0.167 e. The number of ketones is 1. The van der Waals surface area contributed by atoms with Crippen LogP contribution in [0.2, 0.25) is 0 Å². The van der Waals surface area contributed by atoms with Crippen molar-refractivity contribution in [3.05, 3.63) is 65.0 Å². The van der Waals surface area contributed by atoms with E-state index >= 15 is 0 Å². The number of hydrogen-bond donors (Lipinski definition) is 0. The lowest BCUT2D eigenvalue weighted by molar-refractivity contribution is 0.0992. The fourth-order valence-corrected chi connectivity index (χ4v) is 1.93. The second kappa shape index (κ2) is 5.65. The smallest absolute Gasteiger partial charge is 0.167 e. The Balaban J connectivity index is 2.15. The Hall–Kier alpha value is -2.16. The van der Waals surface area contributed by atoms with Crippen LogP contribution in [-0.4, -0.2) is 12.9 Å². The molecule has 98 valence electrons. The normalized spacial score (nSPS) is 10.3. The average Bonchev–Trinajstić information content (AvgIpc) is 2.38. The number of halogens is 1. The van der Waals surface area contributed by atoms with Crippen molar-refractivity contribution < 1.29 is 13.9 Å². The van der Waals surface area contributed by atoms with E-state index in [2.05, 4.69) is 0 Å². The van der Waals surface area contributed by atoms with Crippen LogP contribution >= 0.6 is 0 Å². The zero-order valence-corrected chi connectivity index (χ0v) is 10.9. The first-order chi connectivity index (χ1) is 9.08. The zero-order chi connectivity index (χ0) is 13.8. The fourth-order valence-electron chi connectivity index (χ4n) is 1.93. The molecule has 0 aliphatic carbocycles. The van der Waals surface area contributed by atoms with Crippen molar-refractivity contribution in [2.75, 3.05) is 7.11 Å². The minimum absolute atomic E-state index is 0.0900. The monoisotopic (exact) mass is 258 g/mol. The van der Waals surface area contributed by atoms with Crippen molar-refractivity contribution in [1.82, 2.24) is 0 Å². The summed E-state index contributed by atoms with van der Waals surface area (Å²) in [5.74, 6) is 0.281. The van der Waals surface area contributed by atoms with E-state index in [4.69, 9.17) is 4.74 Å². The Labute approximate surface area is 111 Å². The van der Waals surface area contributed by atoms with E-state index in [1.54, 1.807) is 32.2 Å². The fraction of sp³-hybridized carbons (Fsp3) is 0.188. The van der Waals surface area contributed by atoms with Gasteiger partial charge in [-0.15, -0.1) is 0 Å². The molecule has 0 aliphatic heterocycles. The Morgan fingerprint density at radius 1 is 1.16 bits per heavy atom. The molecule has 0 spiro atoms. The third-order valence-electron chi connectivity index (χ3n) is 2.89. The highest BCUT2D eigenvalue weighted by molar-refractivity contribution is 5.97. The zero-order valence-electron chi connectivity index (χ0n) is 10.9. The number of benzene rings is 2. The van der Waals surface area contributed by atoms with Gasteiger partial charge in [0.1, 0.15) is 11.6 Å². The van der Waals surface area contributed by atoms with E-state index in [0.29, 0.717) is 5.56 Å². The maximum absolute atomic E-state index is 13.3. The van der Waals surface area contributed by atoms with Crippen molar-refractivity contribution >= 4 is 5.78 Å². The molecule has 0 amide bonds. The summed E-state index contributed by atoms with van der Waals surface area (Å²) in [6.07, 6.45) is 0.257. The van der Waals surface area contributed by atoms with Crippen LogP contribution in [0.4, 0.5) is 4.39 Å². The molecule has 2 rings (SSSR count). The largest absolute Gasteiger partial charge is 0.497 e. The highest BCUT2D eigenvalue weighted by Crippen LogP contribution is 2.15. The number of ether oxygens (including phenoxy) is 1. The maximum atomic E-state index is 13.3. The standard InChI is InChI=1S/C16H15FO2/c1-11-7-13(10-14(17)8-11)16(18)9-12-3-5-15(19-2)6-4-12/h3-8,10H,9H2,1-2H3. The third-order valence-corrected chi connectivity index (χ3v) is 2.89. The van der Waals surface area contributed by atoms with Gasteiger partial charge in [0.05, 0.1) is 7.11 Å². The molecule has 2 nitrogen and oxygen atoms in total. The predicted octanol–water partition coefficient (Wildman–Crippen LogP) is 3.57. The lowest BCUT2D eigenvalue weighted by atomic mass is 10.0. The Kier molecular flexibility index (Phi) is 3.95. The van der Waals surface area contributed by atoms with Crippen LogP contribution in [0.5, 0.6) is 5.75 Å². The summed E-state index contributed by atoms with van der Waals surface area (Å²) in [6.45, 7) is 1.77. The van der Waals surface area contributed by atoms with Gasteiger partial charge in [0, 0.05) is 12.0 Å². The van der Waals surface area contributed by atoms with Crippen molar-refractivity contribution in [2.45, 2.75) is 13.3 Å². The summed E-state index contributed by atoms with van der Waals surface area (Å²) >= 11 is 0. The van der Waals surface area contributed by atoms with Crippen molar-refractivity contribution in [2.24, 2.45) is 0 Å².